The maximum atomic E-state index is 9.61. The van der Waals surface area contributed by atoms with Crippen LogP contribution in [0.15, 0.2) is 5.18 Å². The van der Waals surface area contributed by atoms with Crippen LogP contribution in [0.2, 0.25) is 0 Å². The number of rotatable bonds is 7. The molecule has 0 aromatic heterocycles. The largest absolute Gasteiger partial charge is 0.382 e. The summed E-state index contributed by atoms with van der Waals surface area (Å²) >= 11 is 0. The van der Waals surface area contributed by atoms with Gasteiger partial charge in [0.2, 0.25) is 0 Å². The van der Waals surface area contributed by atoms with E-state index in [1.807, 2.05) is 6.92 Å². The number of nitrogens with zero attached hydrogens (tertiary/aromatic N) is 1. The van der Waals surface area contributed by atoms with Gasteiger partial charge in [0.05, 0.1) is 6.54 Å². The van der Waals surface area contributed by atoms with Crippen molar-refractivity contribution in [3.05, 3.63) is 4.91 Å². The smallest absolute Gasteiger partial charge is 0.0811 e. The molecule has 0 saturated heterocycles. The molecule has 0 spiro atoms. The van der Waals surface area contributed by atoms with E-state index in [1.54, 1.807) is 0 Å². The Hall–Kier alpha value is -0.440. The predicted molar refractivity (Wildman–Crippen MR) is 41.0 cm³/mol. The van der Waals surface area contributed by atoms with Gasteiger partial charge in [-0.05, 0) is 26.2 Å². The summed E-state index contributed by atoms with van der Waals surface area (Å²) in [7, 11) is 0. The standard InChI is InChI=1S/C7H15NO2/c1-2-10-7-5-3-4-6-8-9/h2-7H2,1H3. The topological polar surface area (TPSA) is 38.7 Å². The van der Waals surface area contributed by atoms with Crippen molar-refractivity contribution in [2.24, 2.45) is 5.18 Å². The molecular weight excluding hydrogens is 130 g/mol. The molecule has 0 atom stereocenters. The highest BCUT2D eigenvalue weighted by Gasteiger charge is 1.87. The minimum Gasteiger partial charge on any atom is -0.382 e. The minimum absolute atomic E-state index is 0.451. The summed E-state index contributed by atoms with van der Waals surface area (Å²) < 4.78 is 5.10. The highest BCUT2D eigenvalue weighted by molar-refractivity contribution is 4.44. The zero-order valence-corrected chi connectivity index (χ0v) is 6.51. The third-order valence-corrected chi connectivity index (χ3v) is 1.24. The van der Waals surface area contributed by atoms with Gasteiger partial charge in [0.1, 0.15) is 0 Å². The molecule has 0 rings (SSSR count). The molecule has 0 saturated carbocycles. The molecule has 0 N–H and O–H groups in total. The van der Waals surface area contributed by atoms with Crippen LogP contribution in [0.5, 0.6) is 0 Å². The Bertz CT molecular complexity index is 76.0. The van der Waals surface area contributed by atoms with Crippen LogP contribution in [0.3, 0.4) is 0 Å². The second-order valence-corrected chi connectivity index (χ2v) is 2.11. The van der Waals surface area contributed by atoms with E-state index in [4.69, 9.17) is 4.74 Å². The summed E-state index contributed by atoms with van der Waals surface area (Å²) in [5.74, 6) is 0. The third kappa shape index (κ3) is 7.56. The molecule has 0 amide bonds. The molecular formula is C7H15NO2. The fourth-order valence-electron chi connectivity index (χ4n) is 0.702. The van der Waals surface area contributed by atoms with Gasteiger partial charge in [0, 0.05) is 13.2 Å². The summed E-state index contributed by atoms with van der Waals surface area (Å²) in [6.07, 6.45) is 2.99. The number of ether oxygens (including phenoxy) is 1. The summed E-state index contributed by atoms with van der Waals surface area (Å²) in [5, 5.41) is 2.76. The van der Waals surface area contributed by atoms with Gasteiger partial charge in [0.15, 0.2) is 0 Å². The molecule has 0 bridgehead atoms. The molecule has 60 valence electrons. The number of nitroso groups, excluding NO2 is 1. The fraction of sp³-hybridized carbons (Fsp3) is 1.00. The number of unbranched alkanes of at least 4 members (excludes halogenated alkanes) is 2. The van der Waals surface area contributed by atoms with Gasteiger partial charge in [0.25, 0.3) is 0 Å². The highest BCUT2D eigenvalue weighted by Crippen LogP contribution is 1.95. The normalized spacial score (nSPS) is 9.70. The first-order valence-corrected chi connectivity index (χ1v) is 3.78. The molecule has 0 radical (unpaired) electrons. The van der Waals surface area contributed by atoms with Crippen LogP contribution in [0.4, 0.5) is 0 Å². The van der Waals surface area contributed by atoms with Gasteiger partial charge in [-0.3, -0.25) is 0 Å². The van der Waals surface area contributed by atoms with E-state index >= 15 is 0 Å². The molecule has 0 aromatic carbocycles. The van der Waals surface area contributed by atoms with Crippen molar-refractivity contribution in [2.75, 3.05) is 19.8 Å². The quantitative estimate of drug-likeness (QED) is 0.405. The van der Waals surface area contributed by atoms with Crippen LogP contribution < -0.4 is 0 Å². The molecule has 0 unspecified atom stereocenters. The molecule has 3 heteroatoms. The zero-order valence-electron chi connectivity index (χ0n) is 6.51. The van der Waals surface area contributed by atoms with Gasteiger partial charge in [-0.1, -0.05) is 5.18 Å². The summed E-state index contributed by atoms with van der Waals surface area (Å²) in [6, 6.07) is 0. The molecule has 0 heterocycles. The molecule has 0 aromatic rings. The lowest BCUT2D eigenvalue weighted by Gasteiger charge is -1.97. The summed E-state index contributed by atoms with van der Waals surface area (Å²) in [4.78, 5) is 9.61. The second-order valence-electron chi connectivity index (χ2n) is 2.11. The maximum Gasteiger partial charge on any atom is 0.0811 e. The Morgan fingerprint density at radius 3 is 2.70 bits per heavy atom. The first-order chi connectivity index (χ1) is 4.91. The van der Waals surface area contributed by atoms with E-state index < -0.39 is 0 Å². The van der Waals surface area contributed by atoms with Gasteiger partial charge >= 0.3 is 0 Å². The van der Waals surface area contributed by atoms with E-state index in [1.165, 1.54) is 0 Å². The van der Waals surface area contributed by atoms with Crippen LogP contribution in [-0.4, -0.2) is 19.8 Å². The van der Waals surface area contributed by atoms with Gasteiger partial charge in [-0.15, -0.1) is 0 Å². The molecule has 3 nitrogen and oxygen atoms in total. The molecule has 0 aliphatic heterocycles. The average Bonchev–Trinajstić information content (AvgIpc) is 1.97. The fourth-order valence-corrected chi connectivity index (χ4v) is 0.702. The number of hydrogen-bond acceptors (Lipinski definition) is 3. The van der Waals surface area contributed by atoms with Crippen LogP contribution in [0.1, 0.15) is 26.2 Å². The Morgan fingerprint density at radius 2 is 2.10 bits per heavy atom. The van der Waals surface area contributed by atoms with E-state index in [-0.39, 0.29) is 0 Å². The van der Waals surface area contributed by atoms with Crippen molar-refractivity contribution in [1.82, 2.24) is 0 Å². The van der Waals surface area contributed by atoms with Crippen LogP contribution in [0, 0.1) is 4.91 Å². The predicted octanol–water partition coefficient (Wildman–Crippen LogP) is 1.96. The summed E-state index contributed by atoms with van der Waals surface area (Å²) in [5.41, 5.74) is 0. The average molecular weight is 145 g/mol. The second kappa shape index (κ2) is 8.56. The van der Waals surface area contributed by atoms with E-state index in [2.05, 4.69) is 5.18 Å². The first kappa shape index (κ1) is 9.56. The van der Waals surface area contributed by atoms with Crippen molar-refractivity contribution in [1.29, 1.82) is 0 Å². The lowest BCUT2D eigenvalue weighted by atomic mass is 10.2. The Balaban J connectivity index is 2.70. The van der Waals surface area contributed by atoms with Crippen molar-refractivity contribution in [3.63, 3.8) is 0 Å². The first-order valence-electron chi connectivity index (χ1n) is 3.78. The van der Waals surface area contributed by atoms with Gasteiger partial charge in [-0.2, -0.15) is 4.91 Å². The monoisotopic (exact) mass is 145 g/mol. The Kier molecular flexibility index (Phi) is 8.18. The highest BCUT2D eigenvalue weighted by atomic mass is 16.5. The lowest BCUT2D eigenvalue weighted by Crippen LogP contribution is -1.93. The zero-order chi connectivity index (χ0) is 7.66. The van der Waals surface area contributed by atoms with E-state index in [9.17, 15) is 4.91 Å². The molecule has 10 heavy (non-hydrogen) atoms. The molecule has 0 fully saturated rings. The Morgan fingerprint density at radius 1 is 1.30 bits per heavy atom. The number of hydrogen-bond donors (Lipinski definition) is 0. The maximum absolute atomic E-state index is 9.61. The molecule has 0 aliphatic rings. The summed E-state index contributed by atoms with van der Waals surface area (Å²) in [6.45, 7) is 4.03. The minimum atomic E-state index is 0.451. The van der Waals surface area contributed by atoms with Crippen LogP contribution >= 0.6 is 0 Å². The van der Waals surface area contributed by atoms with Crippen molar-refractivity contribution in [2.45, 2.75) is 26.2 Å². The van der Waals surface area contributed by atoms with Crippen LogP contribution in [-0.2, 0) is 4.74 Å². The van der Waals surface area contributed by atoms with Crippen molar-refractivity contribution < 1.29 is 4.74 Å². The van der Waals surface area contributed by atoms with Crippen molar-refractivity contribution >= 4 is 0 Å². The van der Waals surface area contributed by atoms with Crippen molar-refractivity contribution in [3.8, 4) is 0 Å². The van der Waals surface area contributed by atoms with Gasteiger partial charge < -0.3 is 4.74 Å². The van der Waals surface area contributed by atoms with Crippen LogP contribution in [0.25, 0.3) is 0 Å². The Labute approximate surface area is 61.7 Å². The molecule has 0 aliphatic carbocycles. The third-order valence-electron chi connectivity index (χ3n) is 1.24. The van der Waals surface area contributed by atoms with E-state index in [0.29, 0.717) is 6.54 Å². The van der Waals surface area contributed by atoms with Gasteiger partial charge in [-0.25, -0.2) is 0 Å². The lowest BCUT2D eigenvalue weighted by molar-refractivity contribution is 0.143. The SMILES string of the molecule is CCOCCCCCN=O. The van der Waals surface area contributed by atoms with E-state index in [0.717, 1.165) is 32.5 Å².